The van der Waals surface area contributed by atoms with Crippen LogP contribution in [0.2, 0.25) is 0 Å². The largest absolute Gasteiger partial charge is 0.467 e. The van der Waals surface area contributed by atoms with Gasteiger partial charge in [0.2, 0.25) is 0 Å². The number of hydrogen-bond donors (Lipinski definition) is 1. The Morgan fingerprint density at radius 2 is 2.33 bits per heavy atom. The highest BCUT2D eigenvalue weighted by molar-refractivity contribution is 5.80. The normalized spacial score (nSPS) is 31.3. The zero-order chi connectivity index (χ0) is 11.3. The third kappa shape index (κ3) is 2.92. The van der Waals surface area contributed by atoms with Gasteiger partial charge in [0.15, 0.2) is 5.60 Å². The molecule has 0 aromatic rings. The highest BCUT2D eigenvalue weighted by Crippen LogP contribution is 2.26. The molecule has 0 bridgehead atoms. The van der Waals surface area contributed by atoms with Crippen LogP contribution in [0.1, 0.15) is 26.7 Å². The third-order valence-corrected chi connectivity index (χ3v) is 2.72. The van der Waals surface area contributed by atoms with Gasteiger partial charge in [-0.2, -0.15) is 0 Å². The topological polar surface area (TPSA) is 47.6 Å². The summed E-state index contributed by atoms with van der Waals surface area (Å²) in [5.74, 6) is 0.185. The number of rotatable bonds is 4. The Morgan fingerprint density at radius 3 is 2.87 bits per heavy atom. The van der Waals surface area contributed by atoms with Crippen molar-refractivity contribution in [2.75, 3.05) is 26.8 Å². The van der Waals surface area contributed by atoms with E-state index in [0.717, 1.165) is 19.4 Å². The van der Waals surface area contributed by atoms with Crippen molar-refractivity contribution in [2.45, 2.75) is 32.3 Å². The van der Waals surface area contributed by atoms with Crippen LogP contribution in [0.15, 0.2) is 0 Å². The van der Waals surface area contributed by atoms with E-state index in [0.29, 0.717) is 19.1 Å². The maximum absolute atomic E-state index is 11.8. The maximum Gasteiger partial charge on any atom is 0.339 e. The number of ether oxygens (including phenoxy) is 2. The van der Waals surface area contributed by atoms with Crippen molar-refractivity contribution in [3.8, 4) is 0 Å². The maximum atomic E-state index is 11.8. The SMILES string of the molecule is CCCO[C@]1(C(=O)OC)CNCC(C)C1. The second-order valence-corrected chi connectivity index (χ2v) is 4.27. The van der Waals surface area contributed by atoms with E-state index in [1.807, 2.05) is 6.92 Å². The molecule has 1 aliphatic heterocycles. The molecule has 4 nitrogen and oxygen atoms in total. The second kappa shape index (κ2) is 5.47. The van der Waals surface area contributed by atoms with Crippen LogP contribution < -0.4 is 5.32 Å². The van der Waals surface area contributed by atoms with E-state index in [1.165, 1.54) is 7.11 Å². The number of carbonyl (C=O) groups excluding carboxylic acids is 1. The van der Waals surface area contributed by atoms with Gasteiger partial charge in [-0.3, -0.25) is 0 Å². The Bertz CT molecular complexity index is 220. The lowest BCUT2D eigenvalue weighted by atomic mass is 9.87. The van der Waals surface area contributed by atoms with Gasteiger partial charge >= 0.3 is 5.97 Å². The van der Waals surface area contributed by atoms with Crippen molar-refractivity contribution in [3.05, 3.63) is 0 Å². The first-order valence-electron chi connectivity index (χ1n) is 5.57. The van der Waals surface area contributed by atoms with Gasteiger partial charge in [-0.1, -0.05) is 13.8 Å². The van der Waals surface area contributed by atoms with Gasteiger partial charge in [-0.05, 0) is 25.3 Å². The lowest BCUT2D eigenvalue weighted by Gasteiger charge is -2.37. The summed E-state index contributed by atoms with van der Waals surface area (Å²) >= 11 is 0. The van der Waals surface area contributed by atoms with Crippen molar-refractivity contribution in [1.29, 1.82) is 0 Å². The molecule has 0 saturated carbocycles. The van der Waals surface area contributed by atoms with Crippen LogP contribution in [0.25, 0.3) is 0 Å². The molecule has 15 heavy (non-hydrogen) atoms. The van der Waals surface area contributed by atoms with E-state index in [-0.39, 0.29) is 5.97 Å². The van der Waals surface area contributed by atoms with Crippen LogP contribution >= 0.6 is 0 Å². The zero-order valence-corrected chi connectivity index (χ0v) is 9.84. The Balaban J connectivity index is 2.70. The summed E-state index contributed by atoms with van der Waals surface area (Å²) in [6, 6.07) is 0. The predicted octanol–water partition coefficient (Wildman–Crippen LogP) is 0.954. The van der Waals surface area contributed by atoms with Gasteiger partial charge in [-0.15, -0.1) is 0 Å². The second-order valence-electron chi connectivity index (χ2n) is 4.27. The fraction of sp³-hybridized carbons (Fsp3) is 0.909. The number of nitrogens with one attached hydrogen (secondary N) is 1. The van der Waals surface area contributed by atoms with Gasteiger partial charge in [0, 0.05) is 13.2 Å². The fourth-order valence-corrected chi connectivity index (χ4v) is 2.04. The molecule has 1 saturated heterocycles. The monoisotopic (exact) mass is 215 g/mol. The predicted molar refractivity (Wildman–Crippen MR) is 57.6 cm³/mol. The van der Waals surface area contributed by atoms with E-state index in [9.17, 15) is 4.79 Å². The smallest absolute Gasteiger partial charge is 0.339 e. The first kappa shape index (κ1) is 12.5. The van der Waals surface area contributed by atoms with Crippen LogP contribution in [0, 0.1) is 5.92 Å². The Morgan fingerprint density at radius 1 is 1.60 bits per heavy atom. The minimum Gasteiger partial charge on any atom is -0.467 e. The lowest BCUT2D eigenvalue weighted by Crippen LogP contribution is -2.56. The quantitative estimate of drug-likeness (QED) is 0.709. The van der Waals surface area contributed by atoms with E-state index in [4.69, 9.17) is 9.47 Å². The molecule has 1 rings (SSSR count). The Hall–Kier alpha value is -0.610. The molecule has 1 heterocycles. The Labute approximate surface area is 91.3 Å². The molecule has 1 aliphatic rings. The van der Waals surface area contributed by atoms with Crippen molar-refractivity contribution in [1.82, 2.24) is 5.32 Å². The average molecular weight is 215 g/mol. The van der Waals surface area contributed by atoms with Crippen molar-refractivity contribution in [3.63, 3.8) is 0 Å². The summed E-state index contributed by atoms with van der Waals surface area (Å²) < 4.78 is 10.5. The summed E-state index contributed by atoms with van der Waals surface area (Å²) in [4.78, 5) is 11.8. The minimum atomic E-state index is -0.761. The van der Waals surface area contributed by atoms with Crippen LogP contribution in [0.5, 0.6) is 0 Å². The standard InChI is InChI=1S/C11H21NO3/c1-4-5-15-11(10(13)14-3)6-9(2)7-12-8-11/h9,12H,4-8H2,1-3H3/t9?,11-/m0/s1. The molecule has 4 heteroatoms. The average Bonchev–Trinajstić information content (AvgIpc) is 2.25. The van der Waals surface area contributed by atoms with Crippen LogP contribution in [-0.2, 0) is 14.3 Å². The number of carbonyl (C=O) groups is 1. The summed E-state index contributed by atoms with van der Waals surface area (Å²) in [5, 5.41) is 3.22. The van der Waals surface area contributed by atoms with E-state index in [1.54, 1.807) is 0 Å². The van der Waals surface area contributed by atoms with Crippen molar-refractivity contribution >= 4 is 5.97 Å². The Kier molecular flexibility index (Phi) is 4.54. The van der Waals surface area contributed by atoms with E-state index in [2.05, 4.69) is 12.2 Å². The highest BCUT2D eigenvalue weighted by Gasteiger charge is 2.43. The number of methoxy groups -OCH3 is 1. The van der Waals surface area contributed by atoms with Gasteiger partial charge in [0.1, 0.15) is 0 Å². The molecule has 0 amide bonds. The van der Waals surface area contributed by atoms with Gasteiger partial charge in [-0.25, -0.2) is 4.79 Å². The molecule has 0 radical (unpaired) electrons. The van der Waals surface area contributed by atoms with Crippen LogP contribution in [0.4, 0.5) is 0 Å². The van der Waals surface area contributed by atoms with Crippen molar-refractivity contribution in [2.24, 2.45) is 5.92 Å². The molecule has 0 spiro atoms. The summed E-state index contributed by atoms with van der Waals surface area (Å²) in [7, 11) is 1.42. The summed E-state index contributed by atoms with van der Waals surface area (Å²) in [5.41, 5.74) is -0.761. The minimum absolute atomic E-state index is 0.255. The first-order valence-corrected chi connectivity index (χ1v) is 5.57. The molecule has 2 atom stereocenters. The highest BCUT2D eigenvalue weighted by atomic mass is 16.6. The van der Waals surface area contributed by atoms with Gasteiger partial charge in [0.25, 0.3) is 0 Å². The fourth-order valence-electron chi connectivity index (χ4n) is 2.04. The van der Waals surface area contributed by atoms with E-state index >= 15 is 0 Å². The molecular weight excluding hydrogens is 194 g/mol. The summed E-state index contributed by atoms with van der Waals surface area (Å²) in [6.07, 6.45) is 1.65. The zero-order valence-electron chi connectivity index (χ0n) is 9.84. The first-order chi connectivity index (χ1) is 7.14. The molecule has 88 valence electrons. The van der Waals surface area contributed by atoms with Gasteiger partial charge < -0.3 is 14.8 Å². The number of esters is 1. The molecule has 1 fully saturated rings. The number of piperidine rings is 1. The van der Waals surface area contributed by atoms with Crippen LogP contribution in [0.3, 0.4) is 0 Å². The molecule has 1 N–H and O–H groups in total. The molecule has 0 aromatic heterocycles. The van der Waals surface area contributed by atoms with Gasteiger partial charge in [0.05, 0.1) is 7.11 Å². The molecular formula is C11H21NO3. The molecule has 0 aromatic carbocycles. The van der Waals surface area contributed by atoms with E-state index < -0.39 is 5.60 Å². The molecule has 0 aliphatic carbocycles. The molecule has 1 unspecified atom stereocenters. The third-order valence-electron chi connectivity index (χ3n) is 2.72. The summed E-state index contributed by atoms with van der Waals surface area (Å²) in [6.45, 7) is 6.24. The van der Waals surface area contributed by atoms with Crippen LogP contribution in [-0.4, -0.2) is 38.4 Å². The number of hydrogen-bond acceptors (Lipinski definition) is 4. The lowest BCUT2D eigenvalue weighted by molar-refractivity contribution is -0.174. The van der Waals surface area contributed by atoms with Crippen molar-refractivity contribution < 1.29 is 14.3 Å².